The van der Waals surface area contributed by atoms with E-state index in [1.807, 2.05) is 0 Å². The van der Waals surface area contributed by atoms with Crippen molar-refractivity contribution in [2.45, 2.75) is 26.2 Å². The lowest BCUT2D eigenvalue weighted by Crippen LogP contribution is -2.30. The predicted molar refractivity (Wildman–Crippen MR) is 32.0 cm³/mol. The van der Waals surface area contributed by atoms with Crippen LogP contribution in [-0.4, -0.2) is 17.0 Å². The molecule has 2 nitrogen and oxygen atoms in total. The minimum Gasteiger partial charge on any atom is -0.481 e. The molecule has 0 aromatic rings. The number of hydrogen-bond acceptors (Lipinski definition) is 1. The summed E-state index contributed by atoms with van der Waals surface area (Å²) in [5, 5.41) is 8.23. The van der Waals surface area contributed by atoms with Crippen molar-refractivity contribution in [3.8, 4) is 0 Å². The van der Waals surface area contributed by atoms with Gasteiger partial charge >= 0.3 is 5.97 Å². The van der Waals surface area contributed by atoms with E-state index in [4.69, 9.17) is 5.11 Å². The normalized spacial score (nSPS) is 14.8. The number of carboxylic acids is 1. The van der Waals surface area contributed by atoms with E-state index in [2.05, 4.69) is 0 Å². The molecule has 0 rings (SSSR count). The van der Waals surface area contributed by atoms with E-state index in [1.165, 1.54) is 6.92 Å². The molecular weight excluding hydrogens is 142 g/mol. The maximum Gasteiger partial charge on any atom is 0.312 e. The van der Waals surface area contributed by atoms with Crippen LogP contribution in [0.1, 0.15) is 20.3 Å². The Morgan fingerprint density at radius 2 is 2.10 bits per heavy atom. The summed E-state index contributed by atoms with van der Waals surface area (Å²) >= 11 is 0. The molecule has 0 amide bonds. The van der Waals surface area contributed by atoms with Gasteiger partial charge in [0.1, 0.15) is 5.92 Å². The number of carboxylic acid groups (broad SMARTS) is 1. The average Bonchev–Trinajstić information content (AvgIpc) is 1.60. The van der Waals surface area contributed by atoms with Gasteiger partial charge in [-0.3, -0.25) is 4.79 Å². The van der Waals surface area contributed by atoms with E-state index in [9.17, 15) is 13.6 Å². The lowest BCUT2D eigenvalue weighted by atomic mass is 10.0. The van der Waals surface area contributed by atoms with Crippen LogP contribution in [0.4, 0.5) is 8.78 Å². The van der Waals surface area contributed by atoms with Crippen LogP contribution in [0.2, 0.25) is 0 Å². The largest absolute Gasteiger partial charge is 0.481 e. The van der Waals surface area contributed by atoms with Gasteiger partial charge in [-0.05, 0) is 6.42 Å². The molecule has 1 atom stereocenters. The molecule has 0 saturated carbocycles. The SMILES string of the molecule is CCC(C(=O)O)C(C)(F)F. The third kappa shape index (κ3) is 2.29. The number of rotatable bonds is 3. The third-order valence-corrected chi connectivity index (χ3v) is 1.32. The highest BCUT2D eigenvalue weighted by Gasteiger charge is 2.38. The van der Waals surface area contributed by atoms with Crippen molar-refractivity contribution in [2.24, 2.45) is 5.92 Å². The van der Waals surface area contributed by atoms with Crippen LogP contribution in [0, 0.1) is 5.92 Å². The van der Waals surface area contributed by atoms with Gasteiger partial charge in [0.25, 0.3) is 5.92 Å². The number of alkyl halides is 2. The van der Waals surface area contributed by atoms with Crippen LogP contribution in [-0.2, 0) is 4.79 Å². The van der Waals surface area contributed by atoms with Gasteiger partial charge in [0.15, 0.2) is 0 Å². The number of halogens is 2. The molecule has 4 heteroatoms. The standard InChI is InChI=1S/C6H10F2O2/c1-3-4(5(9)10)6(2,7)8/h4H,3H2,1-2H3,(H,9,10). The maximum absolute atomic E-state index is 12.3. The van der Waals surface area contributed by atoms with E-state index in [0.717, 1.165) is 0 Å². The van der Waals surface area contributed by atoms with E-state index in [0.29, 0.717) is 6.92 Å². The van der Waals surface area contributed by atoms with Crippen molar-refractivity contribution in [2.75, 3.05) is 0 Å². The zero-order valence-corrected chi connectivity index (χ0v) is 5.90. The van der Waals surface area contributed by atoms with Gasteiger partial charge in [-0.1, -0.05) is 6.92 Å². The second-order valence-corrected chi connectivity index (χ2v) is 2.26. The van der Waals surface area contributed by atoms with Crippen molar-refractivity contribution in [3.63, 3.8) is 0 Å². The van der Waals surface area contributed by atoms with Gasteiger partial charge in [0.05, 0.1) is 0 Å². The van der Waals surface area contributed by atoms with Gasteiger partial charge in [-0.2, -0.15) is 0 Å². The van der Waals surface area contributed by atoms with Crippen LogP contribution >= 0.6 is 0 Å². The molecule has 10 heavy (non-hydrogen) atoms. The molecule has 1 N–H and O–H groups in total. The van der Waals surface area contributed by atoms with Gasteiger partial charge in [0, 0.05) is 6.92 Å². The summed E-state index contributed by atoms with van der Waals surface area (Å²) < 4.78 is 24.5. The Morgan fingerprint density at radius 1 is 1.70 bits per heavy atom. The Kier molecular flexibility index (Phi) is 2.75. The molecule has 0 aromatic heterocycles. The molecule has 0 saturated heterocycles. The highest BCUT2D eigenvalue weighted by molar-refractivity contribution is 5.71. The molecule has 0 radical (unpaired) electrons. The van der Waals surface area contributed by atoms with Crippen LogP contribution in [0.15, 0.2) is 0 Å². The molecule has 1 unspecified atom stereocenters. The Hall–Kier alpha value is -0.670. The van der Waals surface area contributed by atoms with Gasteiger partial charge in [0.2, 0.25) is 0 Å². The summed E-state index contributed by atoms with van der Waals surface area (Å²) in [4.78, 5) is 10.1. The van der Waals surface area contributed by atoms with Crippen LogP contribution < -0.4 is 0 Å². The Morgan fingerprint density at radius 3 is 2.10 bits per heavy atom. The summed E-state index contributed by atoms with van der Waals surface area (Å²) in [5.41, 5.74) is 0. The first-order valence-corrected chi connectivity index (χ1v) is 3.00. The lowest BCUT2D eigenvalue weighted by molar-refractivity contribution is -0.155. The zero-order valence-electron chi connectivity index (χ0n) is 5.90. The Balaban J connectivity index is 4.22. The van der Waals surface area contributed by atoms with Crippen molar-refractivity contribution in [3.05, 3.63) is 0 Å². The number of aliphatic carboxylic acids is 1. The van der Waals surface area contributed by atoms with Crippen LogP contribution in [0.3, 0.4) is 0 Å². The minimum absolute atomic E-state index is 0.0428. The van der Waals surface area contributed by atoms with Crippen molar-refractivity contribution >= 4 is 5.97 Å². The fourth-order valence-corrected chi connectivity index (χ4v) is 0.750. The lowest BCUT2D eigenvalue weighted by Gasteiger charge is -2.16. The van der Waals surface area contributed by atoms with Crippen LogP contribution in [0.5, 0.6) is 0 Å². The maximum atomic E-state index is 12.3. The minimum atomic E-state index is -3.11. The highest BCUT2D eigenvalue weighted by Crippen LogP contribution is 2.26. The smallest absolute Gasteiger partial charge is 0.312 e. The molecule has 0 aromatic carbocycles. The molecule has 0 bridgehead atoms. The molecular formula is C6H10F2O2. The summed E-state index contributed by atoms with van der Waals surface area (Å²) in [6.07, 6.45) is -0.0428. The van der Waals surface area contributed by atoms with Gasteiger partial charge in [-0.15, -0.1) is 0 Å². The fourth-order valence-electron chi connectivity index (χ4n) is 0.750. The molecule has 0 aliphatic rings. The fraction of sp³-hybridized carbons (Fsp3) is 0.833. The predicted octanol–water partition coefficient (Wildman–Crippen LogP) is 1.75. The molecule has 0 aliphatic carbocycles. The van der Waals surface area contributed by atoms with Crippen molar-refractivity contribution in [1.82, 2.24) is 0 Å². The van der Waals surface area contributed by atoms with Crippen LogP contribution in [0.25, 0.3) is 0 Å². The second-order valence-electron chi connectivity index (χ2n) is 2.26. The number of carbonyl (C=O) groups is 1. The molecule has 0 spiro atoms. The monoisotopic (exact) mass is 152 g/mol. The average molecular weight is 152 g/mol. The summed E-state index contributed by atoms with van der Waals surface area (Å²) in [7, 11) is 0. The van der Waals surface area contributed by atoms with Gasteiger partial charge in [-0.25, -0.2) is 8.78 Å². The molecule has 0 heterocycles. The van der Waals surface area contributed by atoms with E-state index in [-0.39, 0.29) is 6.42 Å². The molecule has 0 aliphatic heterocycles. The highest BCUT2D eigenvalue weighted by atomic mass is 19.3. The summed E-state index contributed by atoms with van der Waals surface area (Å²) in [5.74, 6) is -6.09. The number of hydrogen-bond donors (Lipinski definition) is 1. The van der Waals surface area contributed by atoms with E-state index < -0.39 is 17.8 Å². The first-order chi connectivity index (χ1) is 4.39. The topological polar surface area (TPSA) is 37.3 Å². The van der Waals surface area contributed by atoms with Crippen molar-refractivity contribution < 1.29 is 18.7 Å². The Bertz CT molecular complexity index is 128. The second kappa shape index (κ2) is 2.94. The Labute approximate surface area is 57.9 Å². The molecule has 0 fully saturated rings. The quantitative estimate of drug-likeness (QED) is 0.668. The van der Waals surface area contributed by atoms with E-state index in [1.54, 1.807) is 0 Å². The molecule has 60 valence electrons. The zero-order chi connectivity index (χ0) is 8.36. The first-order valence-electron chi connectivity index (χ1n) is 3.00. The summed E-state index contributed by atoms with van der Waals surface area (Å²) in [6, 6.07) is 0. The summed E-state index contributed by atoms with van der Waals surface area (Å²) in [6.45, 7) is 2.05. The van der Waals surface area contributed by atoms with Crippen molar-refractivity contribution in [1.29, 1.82) is 0 Å². The first kappa shape index (κ1) is 9.33. The van der Waals surface area contributed by atoms with E-state index >= 15 is 0 Å². The third-order valence-electron chi connectivity index (χ3n) is 1.32. The van der Waals surface area contributed by atoms with Gasteiger partial charge < -0.3 is 5.11 Å².